The molecule has 3 rings (SSSR count). The van der Waals surface area contributed by atoms with E-state index >= 15 is 0 Å². The number of sulfonamides is 1. The van der Waals surface area contributed by atoms with Crippen LogP contribution in [0.5, 0.6) is 5.75 Å². The number of halogens is 1. The number of carbonyl (C=O) groups is 2. The van der Waals surface area contributed by atoms with Crippen LogP contribution in [0.3, 0.4) is 0 Å². The molecule has 0 radical (unpaired) electrons. The number of para-hydroxylation sites is 1. The van der Waals surface area contributed by atoms with Crippen molar-refractivity contribution in [1.82, 2.24) is 0 Å². The van der Waals surface area contributed by atoms with Gasteiger partial charge in [0.2, 0.25) is 0 Å². The molecule has 1 N–H and O–H groups in total. The number of rotatable bonds is 9. The maximum absolute atomic E-state index is 12.8. The molecule has 0 bridgehead atoms. The molecular weight excluding hydrogens is 454 g/mol. The molecule has 7 nitrogen and oxygen atoms in total. The van der Waals surface area contributed by atoms with Gasteiger partial charge >= 0.3 is 5.97 Å². The lowest BCUT2D eigenvalue weighted by molar-refractivity contribution is 0.0476. The minimum absolute atomic E-state index is 0.00189. The minimum atomic E-state index is -3.97. The molecule has 0 fully saturated rings. The number of nitrogens with one attached hydrogen (secondary N) is 1. The van der Waals surface area contributed by atoms with Crippen molar-refractivity contribution in [3.63, 3.8) is 0 Å². The highest BCUT2D eigenvalue weighted by Gasteiger charge is 2.20. The van der Waals surface area contributed by atoms with Crippen LogP contribution >= 0.6 is 11.6 Å². The van der Waals surface area contributed by atoms with Crippen molar-refractivity contribution in [3.8, 4) is 5.75 Å². The van der Waals surface area contributed by atoms with Gasteiger partial charge in [-0.25, -0.2) is 13.2 Å². The van der Waals surface area contributed by atoms with Crippen LogP contribution in [0.2, 0.25) is 5.02 Å². The fraction of sp³-hybridized carbons (Fsp3) is 0.130. The molecule has 3 aromatic carbocycles. The van der Waals surface area contributed by atoms with Crippen LogP contribution in [0.1, 0.15) is 27.6 Å². The van der Waals surface area contributed by atoms with Gasteiger partial charge in [0.15, 0.2) is 12.4 Å². The van der Waals surface area contributed by atoms with E-state index in [4.69, 9.17) is 21.1 Å². The van der Waals surface area contributed by atoms with E-state index in [0.717, 1.165) is 0 Å². The molecule has 0 atom stereocenters. The van der Waals surface area contributed by atoms with Crippen molar-refractivity contribution in [3.05, 3.63) is 88.9 Å². The second-order valence-electron chi connectivity index (χ2n) is 6.56. The van der Waals surface area contributed by atoms with E-state index in [2.05, 4.69) is 4.72 Å². The molecule has 3 aromatic rings. The highest BCUT2D eigenvalue weighted by Crippen LogP contribution is 2.23. The molecular formula is C23H20ClNO6S. The summed E-state index contributed by atoms with van der Waals surface area (Å²) in [5.41, 5.74) is 0.350. The third-order valence-electron chi connectivity index (χ3n) is 4.34. The summed E-state index contributed by atoms with van der Waals surface area (Å²) in [5, 5.41) is 0.479. The molecule has 32 heavy (non-hydrogen) atoms. The lowest BCUT2D eigenvalue weighted by Crippen LogP contribution is -2.18. The number of ketones is 1. The van der Waals surface area contributed by atoms with Gasteiger partial charge in [-0.2, -0.15) is 0 Å². The van der Waals surface area contributed by atoms with Crippen LogP contribution < -0.4 is 9.46 Å². The maximum Gasteiger partial charge on any atom is 0.340 e. The lowest BCUT2D eigenvalue weighted by Gasteiger charge is -2.13. The van der Waals surface area contributed by atoms with Gasteiger partial charge in [0, 0.05) is 10.6 Å². The zero-order valence-corrected chi connectivity index (χ0v) is 18.7. The predicted octanol–water partition coefficient (Wildman–Crippen LogP) is 4.58. The molecule has 166 valence electrons. The predicted molar refractivity (Wildman–Crippen MR) is 121 cm³/mol. The summed E-state index contributed by atoms with van der Waals surface area (Å²) in [6.45, 7) is 1.78. The Bertz CT molecular complexity index is 1210. The summed E-state index contributed by atoms with van der Waals surface area (Å²) in [6.07, 6.45) is 0. The number of anilines is 1. The van der Waals surface area contributed by atoms with Crippen LogP contribution in [0.15, 0.2) is 77.7 Å². The average molecular weight is 474 g/mol. The van der Waals surface area contributed by atoms with Gasteiger partial charge in [0.25, 0.3) is 10.0 Å². The Morgan fingerprint density at radius 1 is 0.938 bits per heavy atom. The van der Waals surface area contributed by atoms with Gasteiger partial charge < -0.3 is 9.47 Å². The lowest BCUT2D eigenvalue weighted by atomic mass is 10.1. The third-order valence-corrected chi connectivity index (χ3v) is 5.97. The van der Waals surface area contributed by atoms with Gasteiger partial charge in [-0.3, -0.25) is 9.52 Å². The molecule has 0 aliphatic heterocycles. The topological polar surface area (TPSA) is 98.8 Å². The number of ether oxygens (including phenoxy) is 2. The molecule has 0 heterocycles. The summed E-state index contributed by atoms with van der Waals surface area (Å²) in [7, 11) is -3.97. The molecule has 0 aliphatic rings. The molecule has 0 saturated heterocycles. The number of hydrogen-bond donors (Lipinski definition) is 1. The number of Topliss-reactive ketones (excluding diaryl/α,β-unsaturated/α-hetero) is 1. The van der Waals surface area contributed by atoms with Crippen molar-refractivity contribution in [2.24, 2.45) is 0 Å². The highest BCUT2D eigenvalue weighted by molar-refractivity contribution is 7.92. The fourth-order valence-corrected chi connectivity index (χ4v) is 3.97. The van der Waals surface area contributed by atoms with Crippen LogP contribution in [0.4, 0.5) is 5.69 Å². The number of esters is 1. The van der Waals surface area contributed by atoms with E-state index in [-0.39, 0.29) is 16.1 Å². The summed E-state index contributed by atoms with van der Waals surface area (Å²) >= 11 is 5.80. The number of benzene rings is 3. The average Bonchev–Trinajstić information content (AvgIpc) is 2.78. The Kier molecular flexibility index (Phi) is 7.50. The SMILES string of the molecule is CCOc1ccc(S(=O)(=O)Nc2ccccc2C(=O)OCC(=O)c2ccc(Cl)cc2)cc1. The first-order valence-electron chi connectivity index (χ1n) is 9.61. The normalized spacial score (nSPS) is 10.9. The quantitative estimate of drug-likeness (QED) is 0.361. The monoisotopic (exact) mass is 473 g/mol. The molecule has 0 saturated carbocycles. The van der Waals surface area contributed by atoms with Crippen molar-refractivity contribution < 1.29 is 27.5 Å². The molecule has 0 spiro atoms. The second kappa shape index (κ2) is 10.3. The van der Waals surface area contributed by atoms with Gasteiger partial charge in [-0.15, -0.1) is 0 Å². The van der Waals surface area contributed by atoms with Crippen molar-refractivity contribution >= 4 is 39.1 Å². The first kappa shape index (κ1) is 23.3. The fourth-order valence-electron chi connectivity index (χ4n) is 2.76. The maximum atomic E-state index is 12.8. The number of carbonyl (C=O) groups excluding carboxylic acids is 2. The Morgan fingerprint density at radius 2 is 1.59 bits per heavy atom. The zero-order valence-electron chi connectivity index (χ0n) is 17.1. The smallest absolute Gasteiger partial charge is 0.340 e. The summed E-state index contributed by atoms with van der Waals surface area (Å²) in [4.78, 5) is 24.8. The van der Waals surface area contributed by atoms with Gasteiger partial charge in [0.1, 0.15) is 5.75 Å². The molecule has 0 amide bonds. The van der Waals surface area contributed by atoms with E-state index in [1.165, 1.54) is 36.4 Å². The van der Waals surface area contributed by atoms with E-state index in [0.29, 0.717) is 22.9 Å². The van der Waals surface area contributed by atoms with E-state index in [1.54, 1.807) is 36.4 Å². The summed E-state index contributed by atoms with van der Waals surface area (Å²) < 4.78 is 38.3. The van der Waals surface area contributed by atoms with Crippen LogP contribution in [-0.4, -0.2) is 33.4 Å². The van der Waals surface area contributed by atoms with Gasteiger partial charge in [-0.05, 0) is 67.6 Å². The van der Waals surface area contributed by atoms with Crippen LogP contribution in [0, 0.1) is 0 Å². The number of hydrogen-bond acceptors (Lipinski definition) is 6. The van der Waals surface area contributed by atoms with E-state index in [1.807, 2.05) is 6.92 Å². The van der Waals surface area contributed by atoms with Crippen molar-refractivity contribution in [2.75, 3.05) is 17.9 Å². The highest BCUT2D eigenvalue weighted by atomic mass is 35.5. The molecule has 9 heteroatoms. The Labute approximate surface area is 191 Å². The Balaban J connectivity index is 1.72. The molecule has 0 unspecified atom stereocenters. The second-order valence-corrected chi connectivity index (χ2v) is 8.68. The third kappa shape index (κ3) is 5.87. The van der Waals surface area contributed by atoms with Crippen LogP contribution in [-0.2, 0) is 14.8 Å². The Hall–Kier alpha value is -3.36. The molecule has 0 aliphatic carbocycles. The largest absolute Gasteiger partial charge is 0.494 e. The minimum Gasteiger partial charge on any atom is -0.494 e. The Morgan fingerprint density at radius 3 is 2.25 bits per heavy atom. The molecule has 0 aromatic heterocycles. The van der Waals surface area contributed by atoms with Crippen molar-refractivity contribution in [2.45, 2.75) is 11.8 Å². The van der Waals surface area contributed by atoms with Crippen molar-refractivity contribution in [1.29, 1.82) is 0 Å². The van der Waals surface area contributed by atoms with Gasteiger partial charge in [-0.1, -0.05) is 23.7 Å². The first-order valence-corrected chi connectivity index (χ1v) is 11.5. The van der Waals surface area contributed by atoms with Crippen LogP contribution in [0.25, 0.3) is 0 Å². The van der Waals surface area contributed by atoms with Gasteiger partial charge in [0.05, 0.1) is 22.8 Å². The standard InChI is InChI=1S/C23H20ClNO6S/c1-2-30-18-11-13-19(14-12-18)32(28,29)25-21-6-4-3-5-20(21)23(27)31-15-22(26)16-7-9-17(24)10-8-16/h3-14,25H,2,15H2,1H3. The van der Waals surface area contributed by atoms with E-state index < -0.39 is 28.4 Å². The summed E-state index contributed by atoms with van der Waals surface area (Å²) in [6, 6.07) is 18.0. The zero-order chi connectivity index (χ0) is 23.1. The first-order chi connectivity index (χ1) is 15.3. The summed E-state index contributed by atoms with van der Waals surface area (Å²) in [5.74, 6) is -0.708. The van der Waals surface area contributed by atoms with E-state index in [9.17, 15) is 18.0 Å².